The molecule has 1 unspecified atom stereocenters. The van der Waals surface area contributed by atoms with Crippen molar-refractivity contribution in [2.45, 2.75) is 18.4 Å². The quantitative estimate of drug-likeness (QED) is 0.379. The molecule has 0 fully saturated rings. The number of hydrogen-bond acceptors (Lipinski definition) is 7. The summed E-state index contributed by atoms with van der Waals surface area (Å²) >= 11 is 0. The lowest BCUT2D eigenvalue weighted by Crippen LogP contribution is -2.42. The van der Waals surface area contributed by atoms with E-state index >= 15 is 0 Å². The zero-order valence-electron chi connectivity index (χ0n) is 19.5. The van der Waals surface area contributed by atoms with Crippen molar-refractivity contribution >= 4 is 11.8 Å². The van der Waals surface area contributed by atoms with Gasteiger partial charge in [0.05, 0.1) is 36.4 Å². The third-order valence-corrected chi connectivity index (χ3v) is 5.25. The molecule has 0 aliphatic carbocycles. The summed E-state index contributed by atoms with van der Waals surface area (Å²) in [7, 11) is 1.14. The molecule has 1 atom stereocenters. The van der Waals surface area contributed by atoms with Crippen LogP contribution in [0.15, 0.2) is 54.4 Å². The zero-order valence-corrected chi connectivity index (χ0v) is 19.5. The summed E-state index contributed by atoms with van der Waals surface area (Å²) in [6.07, 6.45) is -7.82. The monoisotopic (exact) mass is 542 g/mol. The predicted octanol–water partition coefficient (Wildman–Crippen LogP) is 3.01. The number of methoxy groups -OCH3 is 1. The average Bonchev–Trinajstić information content (AvgIpc) is 3.34. The van der Waals surface area contributed by atoms with Crippen LogP contribution in [0.5, 0.6) is 5.75 Å². The van der Waals surface area contributed by atoms with Crippen molar-refractivity contribution in [3.05, 3.63) is 76.6 Å². The van der Waals surface area contributed by atoms with Crippen molar-refractivity contribution in [1.82, 2.24) is 26.6 Å². The highest BCUT2D eigenvalue weighted by Crippen LogP contribution is 2.33. The van der Waals surface area contributed by atoms with Crippen molar-refractivity contribution in [1.29, 1.82) is 5.26 Å². The molecular weight excluding hydrogens is 522 g/mol. The molecule has 4 N–H and O–H groups in total. The van der Waals surface area contributed by atoms with Crippen LogP contribution in [0.1, 0.15) is 33.1 Å². The van der Waals surface area contributed by atoms with E-state index in [1.54, 1.807) is 6.07 Å². The summed E-state index contributed by atoms with van der Waals surface area (Å²) in [5.74, 6) is -1.67. The fourth-order valence-corrected chi connectivity index (χ4v) is 3.29. The van der Waals surface area contributed by atoms with E-state index < -0.39 is 41.3 Å². The van der Waals surface area contributed by atoms with E-state index in [0.717, 1.165) is 43.5 Å². The van der Waals surface area contributed by atoms with E-state index in [4.69, 9.17) is 4.74 Å². The van der Waals surface area contributed by atoms with Gasteiger partial charge in [-0.1, -0.05) is 12.1 Å². The van der Waals surface area contributed by atoms with Gasteiger partial charge >= 0.3 is 12.4 Å². The van der Waals surface area contributed by atoms with E-state index in [-0.39, 0.29) is 35.7 Å². The number of rotatable bonds is 8. The fourth-order valence-electron chi connectivity index (χ4n) is 3.29. The Morgan fingerprint density at radius 3 is 2.24 bits per heavy atom. The molecule has 0 radical (unpaired) electrons. The molecule has 0 spiro atoms. The van der Waals surface area contributed by atoms with Crippen molar-refractivity contribution < 1.29 is 40.7 Å². The minimum absolute atomic E-state index is 0.00939. The number of alkyl halides is 6. The van der Waals surface area contributed by atoms with Crippen LogP contribution < -0.4 is 26.3 Å². The lowest BCUT2D eigenvalue weighted by molar-refractivity contribution is -0.138. The second-order valence-electron chi connectivity index (χ2n) is 7.80. The Kier molecular flexibility index (Phi) is 8.36. The maximum absolute atomic E-state index is 12.9. The minimum atomic E-state index is -4.60. The largest absolute Gasteiger partial charge is 0.496 e. The van der Waals surface area contributed by atoms with E-state index in [1.807, 2.05) is 0 Å². The molecule has 2 aromatic carbocycles. The summed E-state index contributed by atoms with van der Waals surface area (Å²) in [6.45, 7) is 0.120. The molecule has 38 heavy (non-hydrogen) atoms. The highest BCUT2D eigenvalue weighted by Gasteiger charge is 2.32. The van der Waals surface area contributed by atoms with Crippen LogP contribution in [0.4, 0.5) is 26.3 Å². The van der Waals surface area contributed by atoms with Gasteiger partial charge in [-0.05, 0) is 35.9 Å². The molecule has 3 rings (SSSR count). The van der Waals surface area contributed by atoms with Crippen LogP contribution >= 0.6 is 0 Å². The van der Waals surface area contributed by atoms with Gasteiger partial charge in [0.2, 0.25) is 0 Å². The first-order chi connectivity index (χ1) is 17.8. The van der Waals surface area contributed by atoms with Gasteiger partial charge in [-0.25, -0.2) is 0 Å². The second-order valence-corrected chi connectivity index (χ2v) is 7.80. The van der Waals surface area contributed by atoms with Crippen LogP contribution in [-0.4, -0.2) is 37.0 Å². The first-order valence-corrected chi connectivity index (χ1v) is 10.7. The van der Waals surface area contributed by atoms with Crippen LogP contribution in [0.2, 0.25) is 0 Å². The molecule has 1 aliphatic heterocycles. The maximum Gasteiger partial charge on any atom is 0.416 e. The molecule has 0 bridgehead atoms. The third-order valence-electron chi connectivity index (χ3n) is 5.25. The lowest BCUT2D eigenvalue weighted by Gasteiger charge is -2.16. The number of carbonyl (C=O) groups excluding carboxylic acids is 2. The Morgan fingerprint density at radius 2 is 1.66 bits per heavy atom. The number of ether oxygens (including phenoxy) is 1. The van der Waals surface area contributed by atoms with Crippen LogP contribution in [0, 0.1) is 11.3 Å². The molecule has 0 saturated heterocycles. The number of carbonyl (C=O) groups is 2. The normalized spacial score (nSPS) is 14.2. The highest BCUT2D eigenvalue weighted by atomic mass is 19.4. The van der Waals surface area contributed by atoms with Crippen molar-refractivity contribution in [2.75, 3.05) is 20.2 Å². The van der Waals surface area contributed by atoms with E-state index in [0.29, 0.717) is 6.07 Å². The SMILES string of the molecule is COc1cc(C(F)(F)F)ccc1C(=O)NCCN1C=C(C(=O)NC(C#N)c2ccc(C(F)(F)F)cc2)NN1. The highest BCUT2D eigenvalue weighted by molar-refractivity contribution is 5.97. The molecule has 0 saturated carbocycles. The molecule has 9 nitrogen and oxygen atoms in total. The summed E-state index contributed by atoms with van der Waals surface area (Å²) in [5.41, 5.74) is 3.34. The first kappa shape index (κ1) is 28.1. The lowest BCUT2D eigenvalue weighted by atomic mass is 10.1. The van der Waals surface area contributed by atoms with Crippen molar-refractivity contribution in [3.63, 3.8) is 0 Å². The molecule has 2 amide bonds. The Labute approximate surface area is 212 Å². The summed E-state index contributed by atoms with van der Waals surface area (Å²) in [6, 6.07) is 6.84. The number of nitriles is 1. The third kappa shape index (κ3) is 6.85. The summed E-state index contributed by atoms with van der Waals surface area (Å²) in [5, 5.41) is 15.6. The molecule has 2 aromatic rings. The minimum Gasteiger partial charge on any atom is -0.496 e. The van der Waals surface area contributed by atoms with Gasteiger partial charge in [0.1, 0.15) is 17.5 Å². The predicted molar refractivity (Wildman–Crippen MR) is 119 cm³/mol. The smallest absolute Gasteiger partial charge is 0.416 e. The van der Waals surface area contributed by atoms with E-state index in [2.05, 4.69) is 21.6 Å². The molecule has 1 heterocycles. The number of nitrogens with zero attached hydrogens (tertiary/aromatic N) is 2. The Hall–Kier alpha value is -4.45. The van der Waals surface area contributed by atoms with Crippen molar-refractivity contribution in [3.8, 4) is 11.8 Å². The average molecular weight is 542 g/mol. The zero-order chi connectivity index (χ0) is 28.1. The fraction of sp³-hybridized carbons (Fsp3) is 0.261. The van der Waals surface area contributed by atoms with Crippen LogP contribution in [0.3, 0.4) is 0 Å². The number of amides is 2. The number of hydrazine groups is 2. The van der Waals surface area contributed by atoms with E-state index in [1.165, 1.54) is 11.2 Å². The Bertz CT molecular complexity index is 1250. The molecular formula is C23H20F6N6O3. The van der Waals surface area contributed by atoms with Crippen LogP contribution in [0.25, 0.3) is 0 Å². The molecule has 1 aliphatic rings. The topological polar surface area (TPSA) is 119 Å². The van der Waals surface area contributed by atoms with Gasteiger partial charge < -0.3 is 15.4 Å². The molecule has 0 aromatic heterocycles. The summed E-state index contributed by atoms with van der Waals surface area (Å²) < 4.78 is 81.7. The van der Waals surface area contributed by atoms with Gasteiger partial charge in [0.15, 0.2) is 0 Å². The Morgan fingerprint density at radius 1 is 1.03 bits per heavy atom. The van der Waals surface area contributed by atoms with Gasteiger partial charge in [0, 0.05) is 12.7 Å². The standard InChI is InChI=1S/C23H20F6N6O3/c1-38-19-10-15(23(27,28)29)6-7-16(19)20(36)31-8-9-35-12-18(33-34-35)21(37)32-17(11-30)13-2-4-14(5-3-13)22(24,25)26/h2-7,10,12,17,33-34H,8-9H2,1H3,(H,31,36)(H,32,37). The summed E-state index contributed by atoms with van der Waals surface area (Å²) in [4.78, 5) is 24.9. The van der Waals surface area contributed by atoms with Crippen molar-refractivity contribution in [2.24, 2.45) is 0 Å². The second kappa shape index (κ2) is 11.3. The number of halogens is 6. The van der Waals surface area contributed by atoms with E-state index in [9.17, 15) is 41.2 Å². The van der Waals surface area contributed by atoms with Crippen LogP contribution in [-0.2, 0) is 17.1 Å². The maximum atomic E-state index is 12.9. The first-order valence-electron chi connectivity index (χ1n) is 10.7. The van der Waals surface area contributed by atoms with Gasteiger partial charge in [0.25, 0.3) is 11.8 Å². The molecule has 15 heteroatoms. The Balaban J connectivity index is 1.54. The number of hydrogen-bond donors (Lipinski definition) is 4. The number of benzene rings is 2. The van der Waals surface area contributed by atoms with Gasteiger partial charge in [-0.15, -0.1) is 5.53 Å². The van der Waals surface area contributed by atoms with Gasteiger partial charge in [-0.3, -0.25) is 20.0 Å². The van der Waals surface area contributed by atoms with Gasteiger partial charge in [-0.2, -0.15) is 31.6 Å². The number of nitrogens with one attached hydrogen (secondary N) is 4. The molecule has 202 valence electrons.